The van der Waals surface area contributed by atoms with Crippen LogP contribution in [0.2, 0.25) is 0 Å². The standard InChI is InChI=1S/C20H38N2/c1-10-11-12-13-20(8,9)18-21-16(15(4)14(2)3)17(22-18)19(5,6)7/h14-15H,10-13H2,1-9H3,(H,21,22). The Labute approximate surface area is 138 Å². The summed E-state index contributed by atoms with van der Waals surface area (Å²) in [4.78, 5) is 8.81. The molecule has 1 heterocycles. The van der Waals surface area contributed by atoms with E-state index in [1.54, 1.807) is 0 Å². The first-order valence-corrected chi connectivity index (χ1v) is 9.11. The van der Waals surface area contributed by atoms with Gasteiger partial charge >= 0.3 is 0 Å². The molecule has 0 radical (unpaired) electrons. The van der Waals surface area contributed by atoms with Gasteiger partial charge in [0.15, 0.2) is 0 Å². The lowest BCUT2D eigenvalue weighted by Crippen LogP contribution is -2.20. The molecule has 1 atom stereocenters. The molecule has 1 unspecified atom stereocenters. The number of unbranched alkanes of at least 4 members (excludes halogenated alkanes) is 2. The van der Waals surface area contributed by atoms with Crippen molar-refractivity contribution in [2.45, 2.75) is 105 Å². The molecule has 0 spiro atoms. The van der Waals surface area contributed by atoms with Crippen LogP contribution < -0.4 is 0 Å². The molecule has 1 N–H and O–H groups in total. The Morgan fingerprint density at radius 3 is 2.05 bits per heavy atom. The van der Waals surface area contributed by atoms with Crippen LogP contribution in [0.5, 0.6) is 0 Å². The van der Waals surface area contributed by atoms with Gasteiger partial charge in [0, 0.05) is 22.4 Å². The molecule has 1 aromatic heterocycles. The number of aromatic amines is 1. The first kappa shape index (κ1) is 19.3. The first-order chi connectivity index (χ1) is 10.0. The van der Waals surface area contributed by atoms with Gasteiger partial charge in [-0.25, -0.2) is 4.98 Å². The highest BCUT2D eigenvalue weighted by atomic mass is 15.0. The minimum atomic E-state index is 0.0900. The average Bonchev–Trinajstić information content (AvgIpc) is 2.83. The fourth-order valence-electron chi connectivity index (χ4n) is 2.88. The van der Waals surface area contributed by atoms with Gasteiger partial charge < -0.3 is 4.98 Å². The molecule has 0 saturated carbocycles. The maximum Gasteiger partial charge on any atom is 0.112 e. The fraction of sp³-hybridized carbons (Fsp3) is 0.850. The molecule has 2 heteroatoms. The Morgan fingerprint density at radius 2 is 1.59 bits per heavy atom. The van der Waals surface area contributed by atoms with Crippen LogP contribution in [0.3, 0.4) is 0 Å². The third kappa shape index (κ3) is 4.60. The lowest BCUT2D eigenvalue weighted by molar-refractivity contribution is 0.426. The maximum atomic E-state index is 5.08. The summed E-state index contributed by atoms with van der Waals surface area (Å²) in [6, 6.07) is 0. The van der Waals surface area contributed by atoms with Gasteiger partial charge in [-0.1, -0.05) is 81.6 Å². The molecule has 0 bridgehead atoms. The molecule has 0 fully saturated rings. The van der Waals surface area contributed by atoms with E-state index in [0.717, 1.165) is 0 Å². The van der Waals surface area contributed by atoms with E-state index in [-0.39, 0.29) is 10.8 Å². The second kappa shape index (κ2) is 7.19. The van der Waals surface area contributed by atoms with Crippen molar-refractivity contribution in [1.29, 1.82) is 0 Å². The second-order valence-corrected chi connectivity index (χ2v) is 8.97. The molecule has 0 amide bonds. The topological polar surface area (TPSA) is 28.7 Å². The van der Waals surface area contributed by atoms with Crippen molar-refractivity contribution < 1.29 is 0 Å². The molecule has 0 aliphatic heterocycles. The number of hydrogen-bond donors (Lipinski definition) is 1. The predicted octanol–water partition coefficient (Wildman–Crippen LogP) is 6.32. The van der Waals surface area contributed by atoms with Crippen LogP contribution in [0.1, 0.15) is 111 Å². The smallest absolute Gasteiger partial charge is 0.112 e. The lowest BCUT2D eigenvalue weighted by atomic mass is 9.84. The summed E-state index contributed by atoms with van der Waals surface area (Å²) in [5.74, 6) is 2.32. The molecule has 1 rings (SSSR count). The summed E-state index contributed by atoms with van der Waals surface area (Å²) >= 11 is 0. The second-order valence-electron chi connectivity index (χ2n) is 8.97. The van der Waals surface area contributed by atoms with E-state index in [1.807, 2.05) is 0 Å². The molecule has 1 aromatic rings. The maximum absolute atomic E-state index is 5.08. The third-order valence-electron chi connectivity index (χ3n) is 4.94. The summed E-state index contributed by atoms with van der Waals surface area (Å²) in [7, 11) is 0. The molecule has 22 heavy (non-hydrogen) atoms. The van der Waals surface area contributed by atoms with Crippen molar-refractivity contribution in [3.05, 3.63) is 17.2 Å². The number of nitrogens with one attached hydrogen (secondary N) is 1. The zero-order valence-electron chi connectivity index (χ0n) is 16.4. The van der Waals surface area contributed by atoms with Gasteiger partial charge in [0.25, 0.3) is 0 Å². The van der Waals surface area contributed by atoms with Crippen LogP contribution in [0, 0.1) is 5.92 Å². The minimum absolute atomic E-state index is 0.0900. The van der Waals surface area contributed by atoms with Crippen molar-refractivity contribution in [1.82, 2.24) is 9.97 Å². The van der Waals surface area contributed by atoms with Gasteiger partial charge in [-0.3, -0.25) is 0 Å². The first-order valence-electron chi connectivity index (χ1n) is 9.11. The Kier molecular flexibility index (Phi) is 6.29. The minimum Gasteiger partial charge on any atom is -0.345 e. The number of H-pyrrole nitrogens is 1. The zero-order chi connectivity index (χ0) is 17.1. The Hall–Kier alpha value is -0.790. The fourth-order valence-corrected chi connectivity index (χ4v) is 2.88. The summed E-state index contributed by atoms with van der Waals surface area (Å²) in [5.41, 5.74) is 2.82. The van der Waals surface area contributed by atoms with Gasteiger partial charge in [-0.05, 0) is 12.3 Å². The monoisotopic (exact) mass is 306 g/mol. The highest BCUT2D eigenvalue weighted by Gasteiger charge is 2.31. The number of nitrogens with zero attached hydrogens (tertiary/aromatic N) is 1. The van der Waals surface area contributed by atoms with Crippen molar-refractivity contribution in [2.24, 2.45) is 5.92 Å². The summed E-state index contributed by atoms with van der Waals surface area (Å²) in [6.07, 6.45) is 5.07. The van der Waals surface area contributed by atoms with Crippen LogP contribution in [-0.2, 0) is 10.8 Å². The number of hydrogen-bond acceptors (Lipinski definition) is 1. The van der Waals surface area contributed by atoms with Gasteiger partial charge in [-0.15, -0.1) is 0 Å². The van der Waals surface area contributed by atoms with Crippen LogP contribution in [0.25, 0.3) is 0 Å². The summed E-state index contributed by atoms with van der Waals surface area (Å²) in [6.45, 7) is 20.7. The molecule has 0 aromatic carbocycles. The SMILES string of the molecule is CCCCCC(C)(C)c1nc(C(C)(C)C)c(C(C)C(C)C)[nH]1. The van der Waals surface area contributed by atoms with Crippen molar-refractivity contribution in [3.8, 4) is 0 Å². The van der Waals surface area contributed by atoms with Crippen LogP contribution >= 0.6 is 0 Å². The van der Waals surface area contributed by atoms with E-state index in [0.29, 0.717) is 11.8 Å². The Morgan fingerprint density at radius 1 is 1.00 bits per heavy atom. The van der Waals surface area contributed by atoms with Gasteiger partial charge in [0.2, 0.25) is 0 Å². The summed E-state index contributed by atoms with van der Waals surface area (Å²) < 4.78 is 0. The molecule has 128 valence electrons. The van der Waals surface area contributed by atoms with Gasteiger partial charge in [-0.2, -0.15) is 0 Å². The number of rotatable bonds is 7. The number of imidazole rings is 1. The highest BCUT2D eigenvalue weighted by molar-refractivity contribution is 5.28. The van der Waals surface area contributed by atoms with Gasteiger partial charge in [0.05, 0.1) is 5.69 Å². The molecule has 0 aliphatic carbocycles. The van der Waals surface area contributed by atoms with Crippen molar-refractivity contribution in [2.75, 3.05) is 0 Å². The predicted molar refractivity (Wildman–Crippen MR) is 97.7 cm³/mol. The normalized spacial score (nSPS) is 14.6. The van der Waals surface area contributed by atoms with Crippen LogP contribution in [-0.4, -0.2) is 9.97 Å². The molecule has 2 nitrogen and oxygen atoms in total. The third-order valence-corrected chi connectivity index (χ3v) is 4.94. The van der Waals surface area contributed by atoms with Crippen LogP contribution in [0.15, 0.2) is 0 Å². The molecule has 0 aliphatic rings. The van der Waals surface area contributed by atoms with E-state index in [9.17, 15) is 0 Å². The largest absolute Gasteiger partial charge is 0.345 e. The Balaban J connectivity index is 3.17. The quantitative estimate of drug-likeness (QED) is 0.586. The zero-order valence-corrected chi connectivity index (χ0v) is 16.4. The van der Waals surface area contributed by atoms with Gasteiger partial charge in [0.1, 0.15) is 5.82 Å². The lowest BCUT2D eigenvalue weighted by Gasteiger charge is -2.22. The van der Waals surface area contributed by atoms with E-state index < -0.39 is 0 Å². The van der Waals surface area contributed by atoms with Crippen molar-refractivity contribution in [3.63, 3.8) is 0 Å². The number of aromatic nitrogens is 2. The van der Waals surface area contributed by atoms with Crippen LogP contribution in [0.4, 0.5) is 0 Å². The van der Waals surface area contributed by atoms with E-state index >= 15 is 0 Å². The molecular weight excluding hydrogens is 268 g/mol. The molecular formula is C20H38N2. The average molecular weight is 307 g/mol. The highest BCUT2D eigenvalue weighted by Crippen LogP contribution is 2.36. The van der Waals surface area contributed by atoms with E-state index in [2.05, 4.69) is 67.3 Å². The molecule has 0 saturated heterocycles. The van der Waals surface area contributed by atoms with Crippen molar-refractivity contribution >= 4 is 0 Å². The summed E-state index contributed by atoms with van der Waals surface area (Å²) in [5, 5.41) is 0. The van der Waals surface area contributed by atoms with E-state index in [1.165, 1.54) is 42.9 Å². The van der Waals surface area contributed by atoms with E-state index in [4.69, 9.17) is 4.98 Å². The Bertz CT molecular complexity index is 461.